The Labute approximate surface area is 191 Å². The maximum absolute atomic E-state index is 13.8. The van der Waals surface area contributed by atoms with E-state index in [1.807, 2.05) is 6.07 Å². The first-order valence-corrected chi connectivity index (χ1v) is 11.2. The number of nitrogens with zero attached hydrogens (tertiary/aromatic N) is 3. The molecule has 172 valence electrons. The van der Waals surface area contributed by atoms with Crippen molar-refractivity contribution in [2.75, 3.05) is 26.2 Å². The highest BCUT2D eigenvalue weighted by Crippen LogP contribution is 2.38. The molecule has 0 spiro atoms. The van der Waals surface area contributed by atoms with Crippen LogP contribution in [0.1, 0.15) is 36.8 Å². The highest BCUT2D eigenvalue weighted by Gasteiger charge is 2.44. The van der Waals surface area contributed by atoms with Crippen molar-refractivity contribution < 1.29 is 24.0 Å². The zero-order valence-corrected chi connectivity index (χ0v) is 19.0. The number of pyridine rings is 1. The molecule has 7 nitrogen and oxygen atoms in total. The van der Waals surface area contributed by atoms with Crippen LogP contribution < -0.4 is 10.0 Å². The van der Waals surface area contributed by atoms with Gasteiger partial charge < -0.3 is 19.3 Å². The summed E-state index contributed by atoms with van der Waals surface area (Å²) in [4.78, 5) is 33.4. The van der Waals surface area contributed by atoms with E-state index in [2.05, 4.69) is 18.8 Å². The van der Waals surface area contributed by atoms with Gasteiger partial charge in [-0.15, -0.1) is 0 Å². The summed E-state index contributed by atoms with van der Waals surface area (Å²) in [6, 6.07) is 10.1. The number of imidazole rings is 1. The molecule has 0 aliphatic carbocycles. The lowest BCUT2D eigenvalue weighted by molar-refractivity contribution is -0.895. The fraction of sp³-hybridized carbons (Fsp3) is 0.320. The number of aryl methyl sites for hydroxylation is 1. The molecule has 0 saturated carbocycles. The minimum Gasteiger partial charge on any atom is -0.871 e. The number of carbonyl (C=O) groups is 2. The van der Waals surface area contributed by atoms with Crippen LogP contribution in [-0.4, -0.2) is 52.2 Å². The Balaban J connectivity index is 1.87. The molecular weight excluding hydrogens is 423 g/mol. The summed E-state index contributed by atoms with van der Waals surface area (Å²) in [5, 5.41) is 13.8. The van der Waals surface area contributed by atoms with Gasteiger partial charge in [-0.1, -0.05) is 24.0 Å². The topological polar surface area (TPSA) is 82.2 Å². The third-order valence-corrected chi connectivity index (χ3v) is 6.34. The zero-order chi connectivity index (χ0) is 23.7. The molecule has 1 N–H and O–H groups in total. The maximum atomic E-state index is 13.8. The number of rotatable bonds is 7. The van der Waals surface area contributed by atoms with Crippen LogP contribution in [0.3, 0.4) is 0 Å². The SMILES string of the molecule is CC[NH+](CC)CCN1C(=O)C(=O)C(=C([O-])c2c(C)nc3ccccn23)C1c1ccc(F)cc1. The van der Waals surface area contributed by atoms with Crippen LogP contribution in [0.4, 0.5) is 4.39 Å². The van der Waals surface area contributed by atoms with E-state index in [9.17, 15) is 19.1 Å². The first kappa shape index (κ1) is 22.7. The number of amides is 1. The second kappa shape index (κ2) is 9.15. The van der Waals surface area contributed by atoms with Crippen molar-refractivity contribution in [3.8, 4) is 0 Å². The molecule has 1 aliphatic heterocycles. The second-order valence-corrected chi connectivity index (χ2v) is 8.21. The zero-order valence-electron chi connectivity index (χ0n) is 19.0. The number of nitrogens with one attached hydrogen (secondary N) is 1. The monoisotopic (exact) mass is 450 g/mol. The summed E-state index contributed by atoms with van der Waals surface area (Å²) in [6.07, 6.45) is 1.71. The first-order chi connectivity index (χ1) is 15.9. The summed E-state index contributed by atoms with van der Waals surface area (Å²) in [6.45, 7) is 8.53. The number of likely N-dealkylation sites (tertiary alicyclic amines) is 1. The van der Waals surface area contributed by atoms with E-state index in [1.54, 1.807) is 29.7 Å². The number of aromatic nitrogens is 2. The van der Waals surface area contributed by atoms with Gasteiger partial charge in [0.15, 0.2) is 0 Å². The first-order valence-electron chi connectivity index (χ1n) is 11.2. The van der Waals surface area contributed by atoms with Crippen LogP contribution in [-0.2, 0) is 9.59 Å². The fourth-order valence-electron chi connectivity index (χ4n) is 4.49. The number of fused-ring (bicyclic) bond motifs is 1. The largest absolute Gasteiger partial charge is 0.871 e. The molecular formula is C25H27FN4O3. The molecule has 33 heavy (non-hydrogen) atoms. The van der Waals surface area contributed by atoms with Crippen LogP contribution in [0.2, 0.25) is 0 Å². The van der Waals surface area contributed by atoms with Gasteiger partial charge in [0.25, 0.3) is 5.91 Å². The molecule has 1 atom stereocenters. The number of likely N-dealkylation sites (N-methyl/N-ethyl adjacent to an activating group) is 1. The van der Waals surface area contributed by atoms with Crippen LogP contribution in [0.25, 0.3) is 11.4 Å². The van der Waals surface area contributed by atoms with Crippen molar-refractivity contribution in [1.29, 1.82) is 0 Å². The average Bonchev–Trinajstić information content (AvgIpc) is 3.28. The van der Waals surface area contributed by atoms with Crippen LogP contribution in [0.15, 0.2) is 54.2 Å². The number of quaternary nitrogens is 1. The highest BCUT2D eigenvalue weighted by atomic mass is 19.1. The van der Waals surface area contributed by atoms with Crippen LogP contribution >= 0.6 is 0 Å². The Morgan fingerprint density at radius 1 is 1.12 bits per heavy atom. The van der Waals surface area contributed by atoms with Crippen molar-refractivity contribution >= 4 is 23.1 Å². The van der Waals surface area contributed by atoms with Crippen molar-refractivity contribution in [3.63, 3.8) is 0 Å². The Morgan fingerprint density at radius 3 is 2.48 bits per heavy atom. The number of benzene rings is 1. The van der Waals surface area contributed by atoms with Crippen molar-refractivity contribution in [3.05, 3.63) is 77.0 Å². The number of carbonyl (C=O) groups excluding carboxylic acids is 2. The predicted molar refractivity (Wildman–Crippen MR) is 120 cm³/mol. The number of hydrogen-bond acceptors (Lipinski definition) is 4. The van der Waals surface area contributed by atoms with Gasteiger partial charge in [0, 0.05) is 11.8 Å². The fourth-order valence-corrected chi connectivity index (χ4v) is 4.49. The van der Waals surface area contributed by atoms with Gasteiger partial charge in [0.2, 0.25) is 5.78 Å². The third-order valence-electron chi connectivity index (χ3n) is 6.34. The molecule has 0 radical (unpaired) electrons. The van der Waals surface area contributed by atoms with E-state index in [0.29, 0.717) is 30.0 Å². The molecule has 1 aliphatic rings. The third kappa shape index (κ3) is 4.02. The molecule has 1 amide bonds. The van der Waals surface area contributed by atoms with Gasteiger partial charge >= 0.3 is 0 Å². The number of halogens is 1. The number of ketones is 1. The normalized spacial score (nSPS) is 18.1. The van der Waals surface area contributed by atoms with Crippen molar-refractivity contribution in [1.82, 2.24) is 14.3 Å². The summed E-state index contributed by atoms with van der Waals surface area (Å²) in [5.41, 5.74) is 1.72. The molecule has 8 heteroatoms. The van der Waals surface area contributed by atoms with Gasteiger partial charge in [-0.2, -0.15) is 0 Å². The smallest absolute Gasteiger partial charge is 0.295 e. The van der Waals surface area contributed by atoms with Gasteiger partial charge in [-0.3, -0.25) is 9.59 Å². The molecule has 2 aromatic heterocycles. The lowest BCUT2D eigenvalue weighted by atomic mass is 9.96. The molecule has 1 unspecified atom stereocenters. The standard InChI is InChI=1S/C25H27FN4O3/c1-4-28(5-2)14-15-30-22(17-9-11-18(26)12-10-17)20(24(32)25(30)33)23(31)21-16(3)27-19-8-6-7-13-29(19)21/h6-13,22,31H,4-5,14-15H2,1-3H3. The average molecular weight is 451 g/mol. The Hall–Kier alpha value is -3.52. The van der Waals surface area contributed by atoms with E-state index >= 15 is 0 Å². The Morgan fingerprint density at radius 2 is 1.82 bits per heavy atom. The summed E-state index contributed by atoms with van der Waals surface area (Å²) in [5.74, 6) is -2.48. The van der Waals surface area contributed by atoms with Gasteiger partial charge in [0.05, 0.1) is 43.6 Å². The van der Waals surface area contributed by atoms with E-state index in [1.165, 1.54) is 34.1 Å². The molecule has 1 fully saturated rings. The summed E-state index contributed by atoms with van der Waals surface area (Å²) < 4.78 is 15.3. The Kier molecular flexibility index (Phi) is 6.29. The van der Waals surface area contributed by atoms with Crippen molar-refractivity contribution in [2.24, 2.45) is 0 Å². The number of hydrogen-bond donors (Lipinski definition) is 1. The lowest BCUT2D eigenvalue weighted by Gasteiger charge is -2.28. The van der Waals surface area contributed by atoms with Gasteiger partial charge in [-0.05, 0) is 50.6 Å². The molecule has 3 aromatic rings. The van der Waals surface area contributed by atoms with E-state index in [4.69, 9.17) is 0 Å². The Bertz CT molecular complexity index is 1230. The second-order valence-electron chi connectivity index (χ2n) is 8.21. The van der Waals surface area contributed by atoms with Crippen LogP contribution in [0, 0.1) is 12.7 Å². The molecule has 0 bridgehead atoms. The highest BCUT2D eigenvalue weighted by molar-refractivity contribution is 6.46. The summed E-state index contributed by atoms with van der Waals surface area (Å²) in [7, 11) is 0. The van der Waals surface area contributed by atoms with E-state index in [-0.39, 0.29) is 11.3 Å². The molecule has 1 saturated heterocycles. The molecule has 3 heterocycles. The molecule has 1 aromatic carbocycles. The minimum absolute atomic E-state index is 0.116. The summed E-state index contributed by atoms with van der Waals surface area (Å²) >= 11 is 0. The quantitative estimate of drug-likeness (QED) is 0.330. The predicted octanol–water partition coefficient (Wildman–Crippen LogP) is 0.931. The van der Waals surface area contributed by atoms with Gasteiger partial charge in [0.1, 0.15) is 11.5 Å². The molecule has 4 rings (SSSR count). The van der Waals surface area contributed by atoms with Crippen LogP contribution in [0.5, 0.6) is 0 Å². The maximum Gasteiger partial charge on any atom is 0.295 e. The van der Waals surface area contributed by atoms with Gasteiger partial charge in [-0.25, -0.2) is 9.37 Å². The minimum atomic E-state index is -0.873. The lowest BCUT2D eigenvalue weighted by Crippen LogP contribution is -3.12. The van der Waals surface area contributed by atoms with E-state index < -0.39 is 29.3 Å². The number of Topliss-reactive ketones (excluding diaryl/α,β-unsaturated/α-hetero) is 1. The van der Waals surface area contributed by atoms with Crippen molar-refractivity contribution in [2.45, 2.75) is 26.8 Å². The van der Waals surface area contributed by atoms with E-state index in [0.717, 1.165) is 13.1 Å².